The van der Waals surface area contributed by atoms with Crippen LogP contribution in [0.15, 0.2) is 12.2 Å². The van der Waals surface area contributed by atoms with E-state index in [0.29, 0.717) is 0 Å². The molecule has 0 aliphatic heterocycles. The first-order chi connectivity index (χ1) is 4.31. The number of carbonyl (C=O) groups is 1. The Kier molecular flexibility index (Phi) is 4.76. The normalized spacial score (nSPS) is 10.0. The van der Waals surface area contributed by atoms with E-state index < -0.39 is 12.8 Å². The number of ether oxygens (including phenoxy) is 1. The summed E-state index contributed by atoms with van der Waals surface area (Å²) in [4.78, 5) is 10.2. The fourth-order valence-corrected chi connectivity index (χ4v) is 0.261. The van der Waals surface area contributed by atoms with Crippen molar-refractivity contribution in [2.24, 2.45) is 0 Å². The zero-order valence-corrected chi connectivity index (χ0v) is 4.78. The lowest BCUT2D eigenvalue weighted by atomic mass is 10.5. The molecule has 0 atom stereocenters. The monoisotopic (exact) mass is 132 g/mol. The van der Waals surface area contributed by atoms with Crippen LogP contribution in [0, 0.1) is 0 Å². The van der Waals surface area contributed by atoms with Crippen LogP contribution in [0.2, 0.25) is 0 Å². The Morgan fingerprint density at radius 2 is 2.22 bits per heavy atom. The summed E-state index contributed by atoms with van der Waals surface area (Å²) in [5.74, 6) is -0.661. The molecule has 4 nitrogen and oxygen atoms in total. The Morgan fingerprint density at radius 1 is 1.56 bits per heavy atom. The van der Waals surface area contributed by atoms with Crippen LogP contribution in [0.5, 0.6) is 0 Å². The molecule has 0 aromatic heterocycles. The second-order valence-electron chi connectivity index (χ2n) is 1.18. The Morgan fingerprint density at radius 3 is 2.67 bits per heavy atom. The molecule has 0 saturated carbocycles. The van der Waals surface area contributed by atoms with Gasteiger partial charge < -0.3 is 14.9 Å². The van der Waals surface area contributed by atoms with Crippen molar-refractivity contribution < 1.29 is 19.7 Å². The van der Waals surface area contributed by atoms with Crippen LogP contribution in [0.1, 0.15) is 0 Å². The average Bonchev–Trinajstić information content (AvgIpc) is 1.85. The van der Waals surface area contributed by atoms with Crippen molar-refractivity contribution in [3.63, 3.8) is 0 Å². The van der Waals surface area contributed by atoms with Crippen molar-refractivity contribution in [1.29, 1.82) is 0 Å². The van der Waals surface area contributed by atoms with E-state index in [0.717, 1.165) is 6.08 Å². The van der Waals surface area contributed by atoms with Gasteiger partial charge in [-0.15, -0.1) is 0 Å². The number of esters is 1. The van der Waals surface area contributed by atoms with Gasteiger partial charge in [0.2, 0.25) is 0 Å². The average molecular weight is 132 g/mol. The van der Waals surface area contributed by atoms with Crippen LogP contribution in [-0.4, -0.2) is 29.6 Å². The topological polar surface area (TPSA) is 66.8 Å². The summed E-state index contributed by atoms with van der Waals surface area (Å²) in [6.45, 7) is -0.838. The van der Waals surface area contributed by atoms with Crippen molar-refractivity contribution in [1.82, 2.24) is 0 Å². The number of aliphatic hydroxyl groups excluding tert-OH is 2. The van der Waals surface area contributed by atoms with Crippen LogP contribution in [0.25, 0.3) is 0 Å². The van der Waals surface area contributed by atoms with Crippen molar-refractivity contribution in [2.75, 3.05) is 13.4 Å². The number of carbonyl (C=O) groups excluding carboxylic acids is 1. The highest BCUT2D eigenvalue weighted by Gasteiger charge is 1.90. The molecule has 0 aliphatic rings. The second-order valence-corrected chi connectivity index (χ2v) is 1.18. The molecule has 0 amide bonds. The molecular formula is C5H8O4. The van der Waals surface area contributed by atoms with Gasteiger partial charge in [0.15, 0.2) is 6.79 Å². The third-order valence-corrected chi connectivity index (χ3v) is 0.566. The molecule has 0 aromatic rings. The van der Waals surface area contributed by atoms with E-state index in [4.69, 9.17) is 10.2 Å². The van der Waals surface area contributed by atoms with E-state index in [1.807, 2.05) is 0 Å². The Balaban J connectivity index is 3.37. The van der Waals surface area contributed by atoms with Gasteiger partial charge in [-0.1, -0.05) is 6.08 Å². The molecule has 52 valence electrons. The summed E-state index contributed by atoms with van der Waals surface area (Å²) in [7, 11) is 0. The molecule has 0 aliphatic carbocycles. The first kappa shape index (κ1) is 8.13. The predicted octanol–water partition coefficient (Wildman–Crippen LogP) is -0.972. The summed E-state index contributed by atoms with van der Waals surface area (Å²) in [6, 6.07) is 0. The van der Waals surface area contributed by atoms with Gasteiger partial charge in [-0.25, -0.2) is 4.79 Å². The highest BCUT2D eigenvalue weighted by molar-refractivity contribution is 5.81. The molecule has 0 fully saturated rings. The number of aliphatic hydroxyl groups is 2. The maximum atomic E-state index is 10.2. The molecule has 0 bridgehead atoms. The quantitative estimate of drug-likeness (QED) is 0.294. The van der Waals surface area contributed by atoms with Gasteiger partial charge in [0.05, 0.1) is 6.61 Å². The van der Waals surface area contributed by atoms with Gasteiger partial charge in [-0.2, -0.15) is 0 Å². The zero-order valence-electron chi connectivity index (χ0n) is 4.78. The van der Waals surface area contributed by atoms with Gasteiger partial charge in [-0.3, -0.25) is 0 Å². The van der Waals surface area contributed by atoms with E-state index >= 15 is 0 Å². The van der Waals surface area contributed by atoms with Gasteiger partial charge in [-0.05, 0) is 0 Å². The fourth-order valence-electron chi connectivity index (χ4n) is 0.261. The molecule has 4 heteroatoms. The third kappa shape index (κ3) is 4.99. The van der Waals surface area contributed by atoms with Gasteiger partial charge in [0.25, 0.3) is 0 Å². The second kappa shape index (κ2) is 5.27. The minimum absolute atomic E-state index is 0.208. The number of hydrogen-bond donors (Lipinski definition) is 2. The van der Waals surface area contributed by atoms with Crippen molar-refractivity contribution >= 4 is 5.97 Å². The van der Waals surface area contributed by atoms with Crippen molar-refractivity contribution in [3.05, 3.63) is 12.2 Å². The molecule has 9 heavy (non-hydrogen) atoms. The third-order valence-electron chi connectivity index (χ3n) is 0.566. The predicted molar refractivity (Wildman–Crippen MR) is 29.4 cm³/mol. The minimum Gasteiger partial charge on any atom is -0.436 e. The largest absolute Gasteiger partial charge is 0.436 e. The van der Waals surface area contributed by atoms with Crippen LogP contribution in [-0.2, 0) is 9.53 Å². The molecular weight excluding hydrogens is 124 g/mol. The number of rotatable bonds is 3. The Labute approximate surface area is 52.4 Å². The molecule has 0 saturated heterocycles. The van der Waals surface area contributed by atoms with Crippen molar-refractivity contribution in [2.45, 2.75) is 0 Å². The van der Waals surface area contributed by atoms with E-state index in [1.165, 1.54) is 6.08 Å². The molecule has 0 rings (SSSR count). The number of hydrogen-bond acceptors (Lipinski definition) is 4. The van der Waals surface area contributed by atoms with Crippen LogP contribution < -0.4 is 0 Å². The van der Waals surface area contributed by atoms with E-state index in [1.54, 1.807) is 0 Å². The van der Waals surface area contributed by atoms with Gasteiger partial charge >= 0.3 is 5.97 Å². The Hall–Kier alpha value is -0.870. The molecule has 0 heterocycles. The zero-order chi connectivity index (χ0) is 7.11. The van der Waals surface area contributed by atoms with Gasteiger partial charge in [0.1, 0.15) is 0 Å². The van der Waals surface area contributed by atoms with Crippen LogP contribution in [0.3, 0.4) is 0 Å². The fraction of sp³-hybridized carbons (Fsp3) is 0.400. The van der Waals surface area contributed by atoms with Crippen LogP contribution in [0.4, 0.5) is 0 Å². The summed E-state index contributed by atoms with van der Waals surface area (Å²) in [6.07, 6.45) is 2.26. The standard InChI is InChI=1S/C5H8O4/c6-3-1-2-5(8)9-4-7/h1-2,6-7H,3-4H2. The van der Waals surface area contributed by atoms with E-state index in [2.05, 4.69) is 4.74 Å². The van der Waals surface area contributed by atoms with Crippen LogP contribution >= 0.6 is 0 Å². The maximum absolute atomic E-state index is 10.2. The smallest absolute Gasteiger partial charge is 0.332 e. The highest BCUT2D eigenvalue weighted by Crippen LogP contribution is 1.77. The highest BCUT2D eigenvalue weighted by atomic mass is 16.6. The molecule has 2 N–H and O–H groups in total. The maximum Gasteiger partial charge on any atom is 0.332 e. The summed E-state index contributed by atoms with van der Waals surface area (Å²) >= 11 is 0. The Bertz CT molecular complexity index is 108. The molecule has 0 aromatic carbocycles. The lowest BCUT2D eigenvalue weighted by Gasteiger charge is -1.91. The summed E-state index contributed by atoms with van der Waals surface area (Å²) < 4.78 is 4.06. The summed E-state index contributed by atoms with van der Waals surface area (Å²) in [5, 5.41) is 16.1. The molecule has 0 unspecified atom stereocenters. The lowest BCUT2D eigenvalue weighted by Crippen LogP contribution is -2.00. The lowest BCUT2D eigenvalue weighted by molar-refractivity contribution is -0.145. The van der Waals surface area contributed by atoms with E-state index in [-0.39, 0.29) is 6.61 Å². The molecule has 0 spiro atoms. The van der Waals surface area contributed by atoms with Gasteiger partial charge in [0, 0.05) is 6.08 Å². The summed E-state index contributed by atoms with van der Waals surface area (Å²) in [5.41, 5.74) is 0. The first-order valence-electron chi connectivity index (χ1n) is 2.36. The first-order valence-corrected chi connectivity index (χ1v) is 2.36. The van der Waals surface area contributed by atoms with E-state index in [9.17, 15) is 4.79 Å². The SMILES string of the molecule is O=C(C=CCO)OCO. The minimum atomic E-state index is -0.661. The van der Waals surface area contributed by atoms with Crippen molar-refractivity contribution in [3.8, 4) is 0 Å². The molecule has 0 radical (unpaired) electrons.